The molecule has 1 aliphatic rings. The molecule has 2 atom stereocenters. The van der Waals surface area contributed by atoms with Crippen molar-refractivity contribution in [2.45, 2.75) is 63.8 Å². The van der Waals surface area contributed by atoms with E-state index in [1.165, 1.54) is 19.1 Å². The fraction of sp³-hybridized carbons (Fsp3) is 0.483. The van der Waals surface area contributed by atoms with Crippen molar-refractivity contribution in [3.8, 4) is 0 Å². The maximum atomic E-state index is 13.5. The standard InChI is InChI=1S/C29H38N2O8/c1-28(2,3)39-26(33)30-23(18-21-12-8-6-9-13-21)25(32)38-24-19-31(17-16-29(24,35-4)36-5)27(34)37-20-22-14-10-7-11-15-22/h6-15,23-24H,16-20H2,1-5H3,(H,30,33)/t23-,24-/m0/s1. The number of rotatable bonds is 9. The van der Waals surface area contributed by atoms with E-state index in [9.17, 15) is 14.4 Å². The lowest BCUT2D eigenvalue weighted by molar-refractivity contribution is -0.281. The monoisotopic (exact) mass is 542 g/mol. The van der Waals surface area contributed by atoms with E-state index in [1.807, 2.05) is 60.7 Å². The Morgan fingerprint density at radius 2 is 1.56 bits per heavy atom. The van der Waals surface area contributed by atoms with Crippen LogP contribution in [0.15, 0.2) is 60.7 Å². The van der Waals surface area contributed by atoms with Gasteiger partial charge in [-0.3, -0.25) is 0 Å². The molecule has 0 unspecified atom stereocenters. The van der Waals surface area contributed by atoms with Crippen LogP contribution in [0.4, 0.5) is 9.59 Å². The van der Waals surface area contributed by atoms with Gasteiger partial charge in [0.2, 0.25) is 5.79 Å². The van der Waals surface area contributed by atoms with Gasteiger partial charge in [0.25, 0.3) is 0 Å². The maximum Gasteiger partial charge on any atom is 0.410 e. The Balaban J connectivity index is 1.75. The Morgan fingerprint density at radius 1 is 0.974 bits per heavy atom. The van der Waals surface area contributed by atoms with E-state index in [4.69, 9.17) is 23.7 Å². The van der Waals surface area contributed by atoms with Crippen molar-refractivity contribution in [2.24, 2.45) is 0 Å². The summed E-state index contributed by atoms with van der Waals surface area (Å²) in [6.07, 6.45) is -1.88. The summed E-state index contributed by atoms with van der Waals surface area (Å²) in [5.41, 5.74) is 0.914. The van der Waals surface area contributed by atoms with Crippen LogP contribution >= 0.6 is 0 Å². The Morgan fingerprint density at radius 3 is 2.13 bits per heavy atom. The highest BCUT2D eigenvalue weighted by molar-refractivity contribution is 5.82. The van der Waals surface area contributed by atoms with Crippen LogP contribution in [0, 0.1) is 0 Å². The van der Waals surface area contributed by atoms with E-state index in [0.717, 1.165) is 11.1 Å². The van der Waals surface area contributed by atoms with E-state index >= 15 is 0 Å². The van der Waals surface area contributed by atoms with Gasteiger partial charge in [0.1, 0.15) is 18.2 Å². The van der Waals surface area contributed by atoms with E-state index in [0.29, 0.717) is 0 Å². The summed E-state index contributed by atoms with van der Waals surface area (Å²) in [5, 5.41) is 2.62. The van der Waals surface area contributed by atoms with Gasteiger partial charge in [-0.05, 0) is 31.9 Å². The zero-order valence-corrected chi connectivity index (χ0v) is 23.2. The predicted octanol–water partition coefficient (Wildman–Crippen LogP) is 4.07. The molecule has 212 valence electrons. The Bertz CT molecular complexity index is 1080. The second-order valence-electron chi connectivity index (χ2n) is 10.3. The van der Waals surface area contributed by atoms with Crippen molar-refractivity contribution in [3.63, 3.8) is 0 Å². The molecule has 1 N–H and O–H groups in total. The van der Waals surface area contributed by atoms with Crippen LogP contribution in [-0.2, 0) is 41.5 Å². The lowest BCUT2D eigenvalue weighted by atomic mass is 9.99. The third-order valence-electron chi connectivity index (χ3n) is 6.28. The second kappa shape index (κ2) is 13.4. The molecule has 10 heteroatoms. The zero-order valence-electron chi connectivity index (χ0n) is 23.2. The molecule has 2 aromatic rings. The molecule has 3 rings (SSSR count). The number of methoxy groups -OCH3 is 2. The van der Waals surface area contributed by atoms with Gasteiger partial charge in [-0.15, -0.1) is 0 Å². The number of ether oxygens (including phenoxy) is 5. The van der Waals surface area contributed by atoms with Crippen LogP contribution in [0.2, 0.25) is 0 Å². The zero-order chi connectivity index (χ0) is 28.5. The topological polar surface area (TPSA) is 113 Å². The van der Waals surface area contributed by atoms with Crippen LogP contribution < -0.4 is 5.32 Å². The molecule has 0 spiro atoms. The maximum absolute atomic E-state index is 13.5. The van der Waals surface area contributed by atoms with Gasteiger partial charge in [-0.2, -0.15) is 0 Å². The minimum atomic E-state index is -1.28. The van der Waals surface area contributed by atoms with Gasteiger partial charge >= 0.3 is 18.2 Å². The Hall–Kier alpha value is -3.63. The molecule has 2 amide bonds. The highest BCUT2D eigenvalue weighted by Gasteiger charge is 2.48. The molecule has 0 bridgehead atoms. The van der Waals surface area contributed by atoms with Gasteiger partial charge in [0.05, 0.1) is 6.54 Å². The number of likely N-dealkylation sites (tertiary alicyclic amines) is 1. The summed E-state index contributed by atoms with van der Waals surface area (Å²) < 4.78 is 28.0. The number of carbonyl (C=O) groups is 3. The first-order valence-corrected chi connectivity index (χ1v) is 12.8. The lowest BCUT2D eigenvalue weighted by Crippen LogP contribution is -2.61. The molecule has 10 nitrogen and oxygen atoms in total. The minimum absolute atomic E-state index is 0.0223. The number of esters is 1. The van der Waals surface area contributed by atoms with Gasteiger partial charge in [0.15, 0.2) is 6.10 Å². The molecular formula is C29H38N2O8. The molecule has 0 aromatic heterocycles. The molecule has 1 heterocycles. The van der Waals surface area contributed by atoms with Crippen LogP contribution in [0.1, 0.15) is 38.3 Å². The van der Waals surface area contributed by atoms with E-state index in [2.05, 4.69) is 5.32 Å². The molecule has 1 aliphatic heterocycles. The summed E-state index contributed by atoms with van der Waals surface area (Å²) in [6, 6.07) is 17.5. The number of benzene rings is 2. The van der Waals surface area contributed by atoms with Gasteiger partial charge < -0.3 is 33.9 Å². The summed E-state index contributed by atoms with van der Waals surface area (Å²) >= 11 is 0. The average Bonchev–Trinajstić information content (AvgIpc) is 2.91. The van der Waals surface area contributed by atoms with E-state index in [1.54, 1.807) is 20.8 Å². The SMILES string of the molecule is COC1(OC)CCN(C(=O)OCc2ccccc2)C[C@@H]1OC(=O)[C@H](Cc1ccccc1)NC(=O)OC(C)(C)C. The summed E-state index contributed by atoms with van der Waals surface area (Å²) in [4.78, 5) is 40.4. The number of nitrogens with one attached hydrogen (secondary N) is 1. The fourth-order valence-corrected chi connectivity index (χ4v) is 4.25. The molecule has 1 saturated heterocycles. The van der Waals surface area contributed by atoms with Crippen molar-refractivity contribution in [3.05, 3.63) is 71.8 Å². The smallest absolute Gasteiger partial charge is 0.410 e. The third-order valence-corrected chi connectivity index (χ3v) is 6.28. The number of piperidine rings is 1. The Labute approximate surface area is 229 Å². The Kier molecular flexibility index (Phi) is 10.3. The normalized spacial score (nSPS) is 17.6. The van der Waals surface area contributed by atoms with Crippen LogP contribution in [0.5, 0.6) is 0 Å². The van der Waals surface area contributed by atoms with E-state index < -0.39 is 41.7 Å². The highest BCUT2D eigenvalue weighted by atomic mass is 16.7. The summed E-state index contributed by atoms with van der Waals surface area (Å²) in [5.74, 6) is -2.00. The first-order valence-electron chi connectivity index (χ1n) is 12.8. The largest absolute Gasteiger partial charge is 0.453 e. The molecule has 0 aliphatic carbocycles. The number of alkyl carbamates (subject to hydrolysis) is 1. The third kappa shape index (κ3) is 8.69. The highest BCUT2D eigenvalue weighted by Crippen LogP contribution is 2.30. The van der Waals surface area contributed by atoms with Crippen molar-refractivity contribution in [1.82, 2.24) is 10.2 Å². The van der Waals surface area contributed by atoms with Crippen molar-refractivity contribution < 1.29 is 38.1 Å². The van der Waals surface area contributed by atoms with Crippen molar-refractivity contribution >= 4 is 18.2 Å². The average molecular weight is 543 g/mol. The van der Waals surface area contributed by atoms with Crippen LogP contribution in [-0.4, -0.2) is 73.9 Å². The molecule has 1 fully saturated rings. The molecule has 0 saturated carbocycles. The number of nitrogens with zero attached hydrogens (tertiary/aromatic N) is 1. The predicted molar refractivity (Wildman–Crippen MR) is 143 cm³/mol. The molecule has 2 aromatic carbocycles. The number of carbonyl (C=O) groups excluding carboxylic acids is 3. The lowest BCUT2D eigenvalue weighted by Gasteiger charge is -2.44. The summed E-state index contributed by atoms with van der Waals surface area (Å²) in [6.45, 7) is 5.56. The van der Waals surface area contributed by atoms with Crippen LogP contribution in [0.25, 0.3) is 0 Å². The fourth-order valence-electron chi connectivity index (χ4n) is 4.25. The number of hydrogen-bond acceptors (Lipinski definition) is 8. The molecular weight excluding hydrogens is 504 g/mol. The number of hydrogen-bond donors (Lipinski definition) is 1. The van der Waals surface area contributed by atoms with Crippen molar-refractivity contribution in [2.75, 3.05) is 27.3 Å². The quantitative estimate of drug-likeness (QED) is 0.287. The van der Waals surface area contributed by atoms with Gasteiger partial charge in [-0.25, -0.2) is 14.4 Å². The van der Waals surface area contributed by atoms with Gasteiger partial charge in [0, 0.05) is 33.6 Å². The van der Waals surface area contributed by atoms with E-state index in [-0.39, 0.29) is 32.5 Å². The minimum Gasteiger partial charge on any atom is -0.453 e. The van der Waals surface area contributed by atoms with Gasteiger partial charge in [-0.1, -0.05) is 60.7 Å². The molecule has 0 radical (unpaired) electrons. The first kappa shape index (κ1) is 29.9. The van der Waals surface area contributed by atoms with Crippen molar-refractivity contribution in [1.29, 1.82) is 0 Å². The van der Waals surface area contributed by atoms with Crippen LogP contribution in [0.3, 0.4) is 0 Å². The first-order chi connectivity index (χ1) is 18.5. The molecule has 39 heavy (non-hydrogen) atoms. The second-order valence-corrected chi connectivity index (χ2v) is 10.3. The summed E-state index contributed by atoms with van der Waals surface area (Å²) in [7, 11) is 2.90. The number of amides is 2.